The Balaban J connectivity index is 2.16. The fraction of sp³-hybridized carbons (Fsp3) is 0.222. The summed E-state index contributed by atoms with van der Waals surface area (Å²) in [4.78, 5) is 37.1. The van der Waals surface area contributed by atoms with Gasteiger partial charge in [-0.15, -0.1) is 0 Å². The summed E-state index contributed by atoms with van der Waals surface area (Å²) in [7, 11) is -4.20. The molecule has 192 valence electrons. The van der Waals surface area contributed by atoms with Crippen molar-refractivity contribution in [3.8, 4) is 5.75 Å². The summed E-state index contributed by atoms with van der Waals surface area (Å²) in [6.45, 7) is 6.58. The second kappa shape index (κ2) is 10.1. The number of esters is 3. The highest BCUT2D eigenvalue weighted by molar-refractivity contribution is 7.90. The number of fused-ring (bicyclic) bond motifs is 3. The van der Waals surface area contributed by atoms with Crippen molar-refractivity contribution in [1.82, 2.24) is 3.97 Å². The molecule has 37 heavy (non-hydrogen) atoms. The van der Waals surface area contributed by atoms with Crippen LogP contribution < -0.4 is 4.74 Å². The molecule has 0 radical (unpaired) electrons. The van der Waals surface area contributed by atoms with E-state index in [1.807, 2.05) is 6.92 Å². The zero-order valence-electron chi connectivity index (χ0n) is 20.7. The van der Waals surface area contributed by atoms with Crippen molar-refractivity contribution in [1.29, 1.82) is 0 Å². The second-order valence-corrected chi connectivity index (χ2v) is 10.0. The van der Waals surface area contributed by atoms with E-state index in [9.17, 15) is 22.8 Å². The van der Waals surface area contributed by atoms with Crippen LogP contribution in [0.2, 0.25) is 0 Å². The van der Waals surface area contributed by atoms with Crippen molar-refractivity contribution in [2.24, 2.45) is 0 Å². The lowest BCUT2D eigenvalue weighted by atomic mass is 10.1. The SMILES string of the molecule is CCOC(=O)c1ccc2c(c1)c1c(OC(C)=O)cc(C(=O)OCC)cc1n2S(=O)(=O)c1ccc(C)cc1. The Morgan fingerprint density at radius 2 is 1.43 bits per heavy atom. The maximum atomic E-state index is 13.9. The first-order chi connectivity index (χ1) is 17.6. The minimum Gasteiger partial charge on any atom is -0.462 e. The number of hydrogen-bond donors (Lipinski definition) is 0. The average Bonchev–Trinajstić information content (AvgIpc) is 3.18. The molecule has 0 N–H and O–H groups in total. The van der Waals surface area contributed by atoms with Gasteiger partial charge >= 0.3 is 17.9 Å². The van der Waals surface area contributed by atoms with Gasteiger partial charge in [-0.05, 0) is 63.2 Å². The number of carbonyl (C=O) groups is 3. The Morgan fingerprint density at radius 3 is 2.03 bits per heavy atom. The van der Waals surface area contributed by atoms with Gasteiger partial charge in [0.1, 0.15) is 5.75 Å². The molecular weight excluding hydrogens is 498 g/mol. The molecule has 1 heterocycles. The third-order valence-corrected chi connectivity index (χ3v) is 7.36. The third kappa shape index (κ3) is 4.79. The molecule has 0 aliphatic carbocycles. The highest BCUT2D eigenvalue weighted by Crippen LogP contribution is 2.40. The summed E-state index contributed by atoms with van der Waals surface area (Å²) < 4.78 is 44.6. The summed E-state index contributed by atoms with van der Waals surface area (Å²) in [5.74, 6) is -2.03. The van der Waals surface area contributed by atoms with E-state index in [0.717, 1.165) is 9.54 Å². The summed E-state index contributed by atoms with van der Waals surface area (Å²) in [5, 5.41) is 0.558. The molecule has 4 rings (SSSR count). The molecule has 4 aromatic rings. The van der Waals surface area contributed by atoms with Crippen LogP contribution in [0, 0.1) is 6.92 Å². The van der Waals surface area contributed by atoms with Crippen LogP contribution in [0.15, 0.2) is 59.5 Å². The van der Waals surface area contributed by atoms with Crippen molar-refractivity contribution in [2.75, 3.05) is 13.2 Å². The van der Waals surface area contributed by atoms with E-state index in [4.69, 9.17) is 14.2 Å². The molecular formula is C27H25NO8S. The maximum absolute atomic E-state index is 13.9. The number of nitrogens with zero attached hydrogens (tertiary/aromatic N) is 1. The van der Waals surface area contributed by atoms with E-state index in [0.29, 0.717) is 5.39 Å². The molecule has 10 heteroatoms. The summed E-state index contributed by atoms with van der Waals surface area (Å²) in [6, 6.07) is 13.4. The van der Waals surface area contributed by atoms with Crippen LogP contribution in [0.5, 0.6) is 5.75 Å². The topological polar surface area (TPSA) is 118 Å². The average molecular weight is 524 g/mol. The lowest BCUT2D eigenvalue weighted by molar-refractivity contribution is -0.131. The normalized spacial score (nSPS) is 11.5. The molecule has 0 unspecified atom stereocenters. The summed E-state index contributed by atoms with van der Waals surface area (Å²) >= 11 is 0. The van der Waals surface area contributed by atoms with Crippen LogP contribution in [0.25, 0.3) is 21.8 Å². The van der Waals surface area contributed by atoms with E-state index in [1.54, 1.807) is 26.0 Å². The first kappa shape index (κ1) is 25.9. The van der Waals surface area contributed by atoms with Crippen LogP contribution in [0.3, 0.4) is 0 Å². The molecule has 0 aliphatic heterocycles. The third-order valence-electron chi connectivity index (χ3n) is 5.62. The minimum atomic E-state index is -4.20. The molecule has 0 aliphatic rings. The van der Waals surface area contributed by atoms with Gasteiger partial charge in [0, 0.05) is 12.3 Å². The number of carbonyl (C=O) groups excluding carboxylic acids is 3. The standard InChI is InChI=1S/C27H25NO8S/c1-5-34-26(30)18-9-12-22-21(13-18)25-23(28(22)37(32,33)20-10-7-16(3)8-11-20)14-19(27(31)35-6-2)15-24(25)36-17(4)29/h7-15H,5-6H2,1-4H3. The van der Waals surface area contributed by atoms with Crippen LogP contribution in [0.4, 0.5) is 0 Å². The number of aryl methyl sites for hydroxylation is 1. The van der Waals surface area contributed by atoms with Gasteiger partial charge in [0.15, 0.2) is 0 Å². The highest BCUT2D eigenvalue weighted by Gasteiger charge is 2.28. The Morgan fingerprint density at radius 1 is 0.811 bits per heavy atom. The van der Waals surface area contributed by atoms with Crippen LogP contribution in [0.1, 0.15) is 47.1 Å². The Kier molecular flexibility index (Phi) is 7.04. The van der Waals surface area contributed by atoms with Gasteiger partial charge in [-0.2, -0.15) is 0 Å². The van der Waals surface area contributed by atoms with Crippen molar-refractivity contribution >= 4 is 49.7 Å². The molecule has 0 bridgehead atoms. The van der Waals surface area contributed by atoms with Crippen molar-refractivity contribution in [3.63, 3.8) is 0 Å². The molecule has 0 atom stereocenters. The summed E-state index contributed by atoms with van der Waals surface area (Å²) in [5.41, 5.74) is 1.36. The molecule has 0 spiro atoms. The lowest BCUT2D eigenvalue weighted by Gasteiger charge is -2.12. The van der Waals surface area contributed by atoms with E-state index in [1.165, 1.54) is 49.4 Å². The zero-order chi connectivity index (χ0) is 26.9. The number of hydrogen-bond acceptors (Lipinski definition) is 8. The molecule has 9 nitrogen and oxygen atoms in total. The molecule has 3 aromatic carbocycles. The number of rotatable bonds is 7. The second-order valence-electron chi connectivity index (χ2n) is 8.22. The predicted octanol–water partition coefficient (Wildman–Crippen LogP) is 4.62. The number of aromatic nitrogens is 1. The first-order valence-electron chi connectivity index (χ1n) is 11.6. The molecule has 0 saturated heterocycles. The lowest BCUT2D eigenvalue weighted by Crippen LogP contribution is -2.14. The van der Waals surface area contributed by atoms with Crippen LogP contribution in [-0.2, 0) is 24.3 Å². The predicted molar refractivity (Wildman–Crippen MR) is 136 cm³/mol. The van der Waals surface area contributed by atoms with Gasteiger partial charge in [0.25, 0.3) is 10.0 Å². The van der Waals surface area contributed by atoms with E-state index < -0.39 is 27.9 Å². The first-order valence-corrected chi connectivity index (χ1v) is 13.0. The zero-order valence-corrected chi connectivity index (χ0v) is 21.5. The molecule has 0 fully saturated rings. The Labute approximate surface area is 213 Å². The Bertz CT molecular complexity index is 1650. The largest absolute Gasteiger partial charge is 0.462 e. The van der Waals surface area contributed by atoms with Gasteiger partial charge < -0.3 is 14.2 Å². The van der Waals surface area contributed by atoms with E-state index in [2.05, 4.69) is 0 Å². The minimum absolute atomic E-state index is 0.000576. The van der Waals surface area contributed by atoms with Gasteiger partial charge in [0.2, 0.25) is 0 Å². The smallest absolute Gasteiger partial charge is 0.338 e. The van der Waals surface area contributed by atoms with Gasteiger partial charge in [-0.3, -0.25) is 4.79 Å². The van der Waals surface area contributed by atoms with Crippen LogP contribution in [-0.4, -0.2) is 43.5 Å². The van der Waals surface area contributed by atoms with Gasteiger partial charge in [0.05, 0.1) is 45.7 Å². The van der Waals surface area contributed by atoms with Crippen molar-refractivity contribution < 1.29 is 37.0 Å². The van der Waals surface area contributed by atoms with Crippen LogP contribution >= 0.6 is 0 Å². The molecule has 1 aromatic heterocycles. The highest BCUT2D eigenvalue weighted by atomic mass is 32.2. The number of ether oxygens (including phenoxy) is 3. The molecule has 0 saturated carbocycles. The fourth-order valence-electron chi connectivity index (χ4n) is 4.06. The quantitative estimate of drug-likeness (QED) is 0.254. The van der Waals surface area contributed by atoms with Gasteiger partial charge in [-0.25, -0.2) is 22.0 Å². The van der Waals surface area contributed by atoms with Gasteiger partial charge in [-0.1, -0.05) is 17.7 Å². The monoisotopic (exact) mass is 523 g/mol. The maximum Gasteiger partial charge on any atom is 0.338 e. The Hall–Kier alpha value is -4.18. The summed E-state index contributed by atoms with van der Waals surface area (Å²) in [6.07, 6.45) is 0. The number of benzene rings is 3. The van der Waals surface area contributed by atoms with E-state index in [-0.39, 0.29) is 51.4 Å². The van der Waals surface area contributed by atoms with Crippen molar-refractivity contribution in [3.05, 3.63) is 71.3 Å². The fourth-order valence-corrected chi connectivity index (χ4v) is 5.57. The molecule has 0 amide bonds. The van der Waals surface area contributed by atoms with Crippen molar-refractivity contribution in [2.45, 2.75) is 32.6 Å². The van der Waals surface area contributed by atoms with E-state index >= 15 is 0 Å².